The minimum absolute atomic E-state index is 0.331. The largest absolute Gasteiger partial charge is 0.328 e. The molecule has 0 aliphatic heterocycles. The van der Waals surface area contributed by atoms with E-state index >= 15 is 0 Å². The van der Waals surface area contributed by atoms with Crippen molar-refractivity contribution in [2.45, 2.75) is 39.0 Å². The van der Waals surface area contributed by atoms with Crippen LogP contribution in [0.2, 0.25) is 0 Å². The molecule has 0 fully saturated rings. The molecule has 0 aliphatic rings. The van der Waals surface area contributed by atoms with E-state index in [1.807, 2.05) is 11.8 Å². The quantitative estimate of drug-likeness (QED) is 0.775. The number of thioether (sulfide) groups is 1. The SMILES string of the molecule is Cc1ccc(CSCCC(C)N)cc1C. The standard InChI is InChI=1S/C13H21NS/c1-10-4-5-13(8-11(10)2)9-15-7-6-12(3)14/h4-5,8,12H,6-7,9,14H2,1-3H3. The molecular formula is C13H21NS. The molecule has 0 saturated carbocycles. The van der Waals surface area contributed by atoms with Gasteiger partial charge in [-0.1, -0.05) is 18.2 Å². The number of hydrogen-bond donors (Lipinski definition) is 1. The minimum atomic E-state index is 0.331. The van der Waals surface area contributed by atoms with Crippen LogP contribution in [0.15, 0.2) is 18.2 Å². The van der Waals surface area contributed by atoms with Crippen molar-refractivity contribution in [3.8, 4) is 0 Å². The fourth-order valence-electron chi connectivity index (χ4n) is 1.35. The van der Waals surface area contributed by atoms with Crippen molar-refractivity contribution in [2.24, 2.45) is 5.73 Å². The zero-order chi connectivity index (χ0) is 11.3. The molecule has 0 bridgehead atoms. The Kier molecular flexibility index (Phi) is 5.20. The molecule has 1 aromatic rings. The Hall–Kier alpha value is -0.470. The van der Waals surface area contributed by atoms with Crippen LogP contribution in [0.4, 0.5) is 0 Å². The number of aryl methyl sites for hydroxylation is 2. The summed E-state index contributed by atoms with van der Waals surface area (Å²) in [5, 5.41) is 0. The van der Waals surface area contributed by atoms with Crippen molar-refractivity contribution in [2.75, 3.05) is 5.75 Å². The van der Waals surface area contributed by atoms with E-state index in [2.05, 4.69) is 39.0 Å². The van der Waals surface area contributed by atoms with Crippen LogP contribution >= 0.6 is 11.8 Å². The molecule has 15 heavy (non-hydrogen) atoms. The van der Waals surface area contributed by atoms with Gasteiger partial charge in [0.25, 0.3) is 0 Å². The van der Waals surface area contributed by atoms with E-state index in [4.69, 9.17) is 5.73 Å². The first-order valence-electron chi connectivity index (χ1n) is 5.49. The lowest BCUT2D eigenvalue weighted by atomic mass is 10.1. The van der Waals surface area contributed by atoms with Crippen LogP contribution < -0.4 is 5.73 Å². The van der Waals surface area contributed by atoms with Gasteiger partial charge in [0.05, 0.1) is 0 Å². The van der Waals surface area contributed by atoms with Gasteiger partial charge in [-0.15, -0.1) is 0 Å². The Labute approximate surface area is 97.4 Å². The summed E-state index contributed by atoms with van der Waals surface area (Å²) in [6.07, 6.45) is 1.11. The molecule has 0 amide bonds. The molecule has 0 saturated heterocycles. The number of benzene rings is 1. The van der Waals surface area contributed by atoms with Crippen LogP contribution in [0.1, 0.15) is 30.0 Å². The molecule has 84 valence electrons. The number of nitrogens with two attached hydrogens (primary N) is 1. The Morgan fingerprint density at radius 3 is 2.60 bits per heavy atom. The van der Waals surface area contributed by atoms with Crippen LogP contribution in [0.25, 0.3) is 0 Å². The second-order valence-electron chi connectivity index (χ2n) is 4.24. The lowest BCUT2D eigenvalue weighted by Gasteiger charge is -2.06. The normalized spacial score (nSPS) is 12.8. The Balaban J connectivity index is 2.35. The molecule has 2 heteroatoms. The highest BCUT2D eigenvalue weighted by Crippen LogP contribution is 2.16. The molecular weight excluding hydrogens is 202 g/mol. The average molecular weight is 223 g/mol. The molecule has 1 unspecified atom stereocenters. The van der Waals surface area contributed by atoms with Gasteiger partial charge >= 0.3 is 0 Å². The van der Waals surface area contributed by atoms with Crippen molar-refractivity contribution in [1.29, 1.82) is 0 Å². The minimum Gasteiger partial charge on any atom is -0.328 e. The summed E-state index contributed by atoms with van der Waals surface area (Å²) in [4.78, 5) is 0. The van der Waals surface area contributed by atoms with Gasteiger partial charge in [-0.3, -0.25) is 0 Å². The molecule has 1 nitrogen and oxygen atoms in total. The fourth-order valence-corrected chi connectivity index (χ4v) is 2.45. The molecule has 1 atom stereocenters. The summed E-state index contributed by atoms with van der Waals surface area (Å²) in [6, 6.07) is 7.05. The summed E-state index contributed by atoms with van der Waals surface area (Å²) in [5.74, 6) is 2.26. The molecule has 1 aromatic carbocycles. The Morgan fingerprint density at radius 2 is 2.00 bits per heavy atom. The summed E-state index contributed by atoms with van der Waals surface area (Å²) < 4.78 is 0. The fraction of sp³-hybridized carbons (Fsp3) is 0.538. The van der Waals surface area contributed by atoms with Gasteiger partial charge in [0.1, 0.15) is 0 Å². The maximum atomic E-state index is 5.70. The highest BCUT2D eigenvalue weighted by Gasteiger charge is 1.98. The maximum absolute atomic E-state index is 5.70. The van der Waals surface area contributed by atoms with Gasteiger partial charge in [0.15, 0.2) is 0 Å². The highest BCUT2D eigenvalue weighted by atomic mass is 32.2. The zero-order valence-corrected chi connectivity index (χ0v) is 10.7. The van der Waals surface area contributed by atoms with E-state index in [0.29, 0.717) is 6.04 Å². The molecule has 0 heterocycles. The summed E-state index contributed by atoms with van der Waals surface area (Å²) in [7, 11) is 0. The highest BCUT2D eigenvalue weighted by molar-refractivity contribution is 7.98. The lowest BCUT2D eigenvalue weighted by molar-refractivity contribution is 0.721. The van der Waals surface area contributed by atoms with Crippen LogP contribution in [0, 0.1) is 13.8 Å². The number of hydrogen-bond acceptors (Lipinski definition) is 2. The van der Waals surface area contributed by atoms with Gasteiger partial charge in [0.2, 0.25) is 0 Å². The summed E-state index contributed by atoms with van der Waals surface area (Å²) >= 11 is 1.97. The second-order valence-corrected chi connectivity index (χ2v) is 5.34. The Bertz CT molecular complexity index is 307. The van der Waals surface area contributed by atoms with Crippen molar-refractivity contribution in [1.82, 2.24) is 0 Å². The molecule has 0 aliphatic carbocycles. The first-order chi connectivity index (χ1) is 7.09. The molecule has 1 rings (SSSR count). The van der Waals surface area contributed by atoms with Crippen molar-refractivity contribution in [3.63, 3.8) is 0 Å². The van der Waals surface area contributed by atoms with E-state index in [9.17, 15) is 0 Å². The van der Waals surface area contributed by atoms with Gasteiger partial charge in [-0.2, -0.15) is 11.8 Å². The van der Waals surface area contributed by atoms with E-state index in [1.54, 1.807) is 0 Å². The van der Waals surface area contributed by atoms with Crippen molar-refractivity contribution in [3.05, 3.63) is 34.9 Å². The van der Waals surface area contributed by atoms with Gasteiger partial charge < -0.3 is 5.73 Å². The third-order valence-electron chi connectivity index (χ3n) is 2.56. The third-order valence-corrected chi connectivity index (χ3v) is 3.62. The van der Waals surface area contributed by atoms with Crippen LogP contribution in [0.5, 0.6) is 0 Å². The first kappa shape index (κ1) is 12.6. The second kappa shape index (κ2) is 6.19. The average Bonchev–Trinajstić information content (AvgIpc) is 2.18. The predicted molar refractivity (Wildman–Crippen MR) is 70.3 cm³/mol. The number of rotatable bonds is 5. The summed E-state index contributed by atoms with van der Waals surface area (Å²) in [5.41, 5.74) is 9.89. The van der Waals surface area contributed by atoms with Gasteiger partial charge in [0, 0.05) is 11.8 Å². The van der Waals surface area contributed by atoms with Crippen molar-refractivity contribution < 1.29 is 0 Å². The smallest absolute Gasteiger partial charge is 0.0184 e. The topological polar surface area (TPSA) is 26.0 Å². The van der Waals surface area contributed by atoms with E-state index in [-0.39, 0.29) is 0 Å². The molecule has 2 N–H and O–H groups in total. The molecule has 0 spiro atoms. The molecule has 0 radical (unpaired) electrons. The van der Waals surface area contributed by atoms with Gasteiger partial charge in [-0.05, 0) is 49.6 Å². The zero-order valence-electron chi connectivity index (χ0n) is 9.92. The van der Waals surface area contributed by atoms with Crippen LogP contribution in [0.3, 0.4) is 0 Å². The van der Waals surface area contributed by atoms with Crippen LogP contribution in [-0.2, 0) is 5.75 Å². The molecule has 0 aromatic heterocycles. The lowest BCUT2D eigenvalue weighted by Crippen LogP contribution is -2.15. The maximum Gasteiger partial charge on any atom is 0.0184 e. The first-order valence-corrected chi connectivity index (χ1v) is 6.64. The Morgan fingerprint density at radius 1 is 1.27 bits per heavy atom. The third kappa shape index (κ3) is 4.72. The predicted octanol–water partition coefficient (Wildman–Crippen LogP) is 3.27. The summed E-state index contributed by atoms with van der Waals surface area (Å²) in [6.45, 7) is 6.39. The van der Waals surface area contributed by atoms with Gasteiger partial charge in [-0.25, -0.2) is 0 Å². The monoisotopic (exact) mass is 223 g/mol. The van der Waals surface area contributed by atoms with Crippen molar-refractivity contribution >= 4 is 11.8 Å². The van der Waals surface area contributed by atoms with E-state index in [0.717, 1.165) is 17.9 Å². The van der Waals surface area contributed by atoms with E-state index in [1.165, 1.54) is 16.7 Å². The van der Waals surface area contributed by atoms with Crippen LogP contribution in [-0.4, -0.2) is 11.8 Å². The van der Waals surface area contributed by atoms with E-state index < -0.39 is 0 Å².